The zero-order valence-corrected chi connectivity index (χ0v) is 41.9. The van der Waals surface area contributed by atoms with Gasteiger partial charge in [-0.1, -0.05) is 117 Å². The first-order valence-corrected chi connectivity index (χ1v) is 26.7. The maximum atomic E-state index is 15.0. The molecule has 4 bridgehead atoms. The molecule has 4 N–H and O–H groups in total. The normalized spacial score (nSPS) is 22.1. The van der Waals surface area contributed by atoms with E-state index in [1.54, 1.807) is 0 Å². The van der Waals surface area contributed by atoms with Gasteiger partial charge in [-0.3, -0.25) is 29.0 Å². The molecule has 0 saturated carbocycles. The van der Waals surface area contributed by atoms with Crippen LogP contribution >= 0.6 is 0 Å². The predicted octanol–water partition coefficient (Wildman–Crippen LogP) is 7.54. The lowest BCUT2D eigenvalue weighted by Gasteiger charge is -2.37. The first kappa shape index (κ1) is 49.1. The first-order chi connectivity index (χ1) is 36.3. The van der Waals surface area contributed by atoms with Gasteiger partial charge in [-0.25, -0.2) is 9.97 Å². The molecule has 4 fully saturated rings. The molecule has 16 nitrogen and oxygen atoms in total. The minimum absolute atomic E-state index is 0.0106. The van der Waals surface area contributed by atoms with Crippen LogP contribution in [0.3, 0.4) is 0 Å². The summed E-state index contributed by atoms with van der Waals surface area (Å²) in [5, 5.41) is 5.82. The van der Waals surface area contributed by atoms with Gasteiger partial charge in [-0.15, -0.1) is 0 Å². The Morgan fingerprint density at radius 3 is 1.81 bits per heavy atom. The Balaban J connectivity index is 0.834. The molecule has 74 heavy (non-hydrogen) atoms. The van der Waals surface area contributed by atoms with E-state index >= 15 is 4.79 Å². The summed E-state index contributed by atoms with van der Waals surface area (Å²) in [5.41, 5.74) is 7.31. The van der Waals surface area contributed by atoms with Crippen LogP contribution in [0.1, 0.15) is 105 Å². The Morgan fingerprint density at radius 2 is 1.15 bits per heavy atom. The van der Waals surface area contributed by atoms with E-state index in [-0.39, 0.29) is 54.9 Å². The van der Waals surface area contributed by atoms with Crippen molar-refractivity contribution in [2.45, 2.75) is 88.1 Å². The summed E-state index contributed by atoms with van der Waals surface area (Å²) in [7, 11) is 0. The smallest absolute Gasteiger partial charge is 0.245 e. The van der Waals surface area contributed by atoms with E-state index in [1.165, 1.54) is 0 Å². The molecular weight excluding hydrogens is 933 g/mol. The van der Waals surface area contributed by atoms with Crippen LogP contribution in [0, 0.1) is 0 Å². The highest BCUT2D eigenvalue weighted by Crippen LogP contribution is 2.41. The van der Waals surface area contributed by atoms with Crippen molar-refractivity contribution in [1.82, 2.24) is 50.2 Å². The zero-order valence-electron chi connectivity index (χ0n) is 41.9. The van der Waals surface area contributed by atoms with Gasteiger partial charge in [0.25, 0.3) is 0 Å². The molecule has 7 heterocycles. The molecule has 0 spiro atoms. The SMILES string of the molecule is O=C1CN([C@H](C(=O)N2C[C@@H]3C[C@H]2c2ncc([nH]2)-c2ccc(-c4ccc(-c5cnc([C@@H]6CCCN6C(=O)[C@@H](c6ccccc6)N6CCNC(=O)C6)[nH]5)cc4)cc2OCCCCCCCCO3)c2ccccc2)CCN1. The number of amides is 4. The van der Waals surface area contributed by atoms with Crippen LogP contribution in [-0.2, 0) is 23.9 Å². The Bertz CT molecular complexity index is 2910. The maximum Gasteiger partial charge on any atom is 0.245 e. The number of rotatable bonds is 9. The molecule has 4 saturated heterocycles. The van der Waals surface area contributed by atoms with Crippen LogP contribution in [0.25, 0.3) is 33.6 Å². The summed E-state index contributed by atoms with van der Waals surface area (Å²) in [6.07, 6.45) is 12.1. The van der Waals surface area contributed by atoms with Crippen molar-refractivity contribution in [2.24, 2.45) is 0 Å². The molecule has 5 aliphatic rings. The molecule has 5 aliphatic heterocycles. The topological polar surface area (TPSA) is 181 Å². The van der Waals surface area contributed by atoms with Gasteiger partial charge >= 0.3 is 0 Å². The average molecular weight is 999 g/mol. The second-order valence-corrected chi connectivity index (χ2v) is 20.3. The Labute approximate surface area is 432 Å². The van der Waals surface area contributed by atoms with Crippen LogP contribution < -0.4 is 15.4 Å². The standard InChI is InChI=1S/C58H66N10O6/c69-51-37-65(28-25-59-51)53(41-14-7-5-8-15-41)57(71)67-27-13-18-48(67)55-61-34-46(63-55)40-21-19-39(20-22-40)43-23-24-45-47-35-62-56(64-47)49-33-44(73-30-11-3-1-2-4-12-31-74-50(45)32-43)36-68(49)58(72)54(42-16-9-6-10-17-42)66-29-26-60-52(70)38-66/h5-10,14-17,19-24,32,34-35,44,48-49,53-54H,1-4,11-13,18,25-31,33,36-38H2,(H,59,69)(H,60,70)(H,61,63)(H,62,64)/t44-,48-,49-,53+,54-/m0/s1. The van der Waals surface area contributed by atoms with Crippen molar-refractivity contribution in [1.29, 1.82) is 0 Å². The molecule has 16 heteroatoms. The van der Waals surface area contributed by atoms with Gasteiger partial charge in [-0.2, -0.15) is 0 Å². The van der Waals surface area contributed by atoms with Crippen LogP contribution in [0.4, 0.5) is 0 Å². The van der Waals surface area contributed by atoms with Gasteiger partial charge in [0.15, 0.2) is 0 Å². The lowest BCUT2D eigenvalue weighted by Crippen LogP contribution is -2.52. The number of piperazine rings is 2. The lowest BCUT2D eigenvalue weighted by atomic mass is 10.00. The summed E-state index contributed by atoms with van der Waals surface area (Å²) < 4.78 is 13.2. The molecule has 4 aromatic carbocycles. The molecule has 2 aromatic heterocycles. The van der Waals surface area contributed by atoms with Gasteiger partial charge in [-0.05, 0) is 65.6 Å². The molecule has 5 atom stereocenters. The minimum Gasteiger partial charge on any atom is -0.493 e. The maximum absolute atomic E-state index is 15.0. The molecular formula is C58H66N10O6. The van der Waals surface area contributed by atoms with E-state index in [4.69, 9.17) is 19.4 Å². The highest BCUT2D eigenvalue weighted by atomic mass is 16.5. The molecule has 11 rings (SSSR count). The van der Waals surface area contributed by atoms with E-state index < -0.39 is 12.1 Å². The summed E-state index contributed by atoms with van der Waals surface area (Å²) in [6, 6.07) is 32.5. The number of imidazole rings is 2. The van der Waals surface area contributed by atoms with Crippen molar-refractivity contribution >= 4 is 23.6 Å². The fraction of sp³-hybridized carbons (Fsp3) is 0.414. The number of fused-ring (bicyclic) bond motifs is 7. The largest absolute Gasteiger partial charge is 0.493 e. The highest BCUT2D eigenvalue weighted by Gasteiger charge is 2.44. The number of ether oxygens (including phenoxy) is 2. The molecule has 0 aliphatic carbocycles. The number of nitrogens with one attached hydrogen (secondary N) is 4. The van der Waals surface area contributed by atoms with Crippen molar-refractivity contribution in [3.63, 3.8) is 0 Å². The third-order valence-electron chi connectivity index (χ3n) is 15.4. The second-order valence-electron chi connectivity index (χ2n) is 20.3. The zero-order chi connectivity index (χ0) is 50.4. The minimum atomic E-state index is -0.630. The van der Waals surface area contributed by atoms with Crippen LogP contribution in [0.5, 0.6) is 5.75 Å². The predicted molar refractivity (Wildman–Crippen MR) is 280 cm³/mol. The Hall–Kier alpha value is -7.14. The fourth-order valence-electron chi connectivity index (χ4n) is 11.6. The average Bonchev–Trinajstić information content (AvgIpc) is 4.28. The van der Waals surface area contributed by atoms with Crippen molar-refractivity contribution in [2.75, 3.05) is 65.6 Å². The number of carbonyl (C=O) groups excluding carboxylic acids is 4. The summed E-state index contributed by atoms with van der Waals surface area (Å²) in [4.78, 5) is 79.5. The number of H-pyrrole nitrogens is 2. The highest BCUT2D eigenvalue weighted by molar-refractivity contribution is 5.87. The first-order valence-electron chi connectivity index (χ1n) is 26.7. The van der Waals surface area contributed by atoms with Gasteiger partial charge in [0.05, 0.1) is 61.7 Å². The quantitative estimate of drug-likeness (QED) is 0.113. The van der Waals surface area contributed by atoms with Crippen LogP contribution in [-0.4, -0.2) is 135 Å². The van der Waals surface area contributed by atoms with E-state index in [1.807, 2.05) is 92.7 Å². The third kappa shape index (κ3) is 10.8. The van der Waals surface area contributed by atoms with Gasteiger partial charge in [0.1, 0.15) is 29.5 Å². The van der Waals surface area contributed by atoms with E-state index in [0.717, 1.165) is 108 Å². The van der Waals surface area contributed by atoms with Gasteiger partial charge < -0.3 is 39.9 Å². The third-order valence-corrected chi connectivity index (χ3v) is 15.4. The Kier molecular flexibility index (Phi) is 15.0. The molecule has 0 unspecified atom stereocenters. The second kappa shape index (κ2) is 22.5. The number of hydrogen-bond donors (Lipinski definition) is 4. The lowest BCUT2D eigenvalue weighted by molar-refractivity contribution is -0.141. The monoisotopic (exact) mass is 999 g/mol. The molecule has 6 aromatic rings. The molecule has 384 valence electrons. The van der Waals surface area contributed by atoms with Crippen molar-refractivity contribution in [3.05, 3.63) is 138 Å². The van der Waals surface area contributed by atoms with Crippen LogP contribution in [0.15, 0.2) is 116 Å². The summed E-state index contributed by atoms with van der Waals surface area (Å²) in [6.45, 7) is 4.76. The van der Waals surface area contributed by atoms with Gasteiger partial charge in [0.2, 0.25) is 23.6 Å². The number of carbonyl (C=O) groups is 4. The Morgan fingerprint density at radius 1 is 0.581 bits per heavy atom. The van der Waals surface area contributed by atoms with Crippen molar-refractivity contribution in [3.8, 4) is 39.4 Å². The number of aromatic nitrogens is 4. The van der Waals surface area contributed by atoms with E-state index in [2.05, 4.69) is 63.1 Å². The van der Waals surface area contributed by atoms with E-state index in [0.29, 0.717) is 64.7 Å². The number of hydrogen-bond acceptors (Lipinski definition) is 10. The number of benzene rings is 4. The molecule has 4 amide bonds. The van der Waals surface area contributed by atoms with Gasteiger partial charge in [0, 0.05) is 57.9 Å². The fourth-order valence-corrected chi connectivity index (χ4v) is 11.6. The summed E-state index contributed by atoms with van der Waals surface area (Å²) in [5.74, 6) is 1.96. The number of aromatic amines is 2. The number of likely N-dealkylation sites (tertiary alicyclic amines) is 2. The molecule has 0 radical (unpaired) electrons. The van der Waals surface area contributed by atoms with Crippen LogP contribution in [0.2, 0.25) is 0 Å². The van der Waals surface area contributed by atoms with Crippen molar-refractivity contribution < 1.29 is 28.7 Å². The number of nitrogens with zero attached hydrogens (tertiary/aromatic N) is 6. The van der Waals surface area contributed by atoms with E-state index in [9.17, 15) is 14.4 Å². The summed E-state index contributed by atoms with van der Waals surface area (Å²) >= 11 is 0.